The molecule has 0 bridgehead atoms. The Balaban J connectivity index is 1.12. The number of para-hydroxylation sites is 2. The van der Waals surface area contributed by atoms with Gasteiger partial charge in [-0.15, -0.1) is 0 Å². The van der Waals surface area contributed by atoms with Gasteiger partial charge in [-0.3, -0.25) is 9.69 Å². The summed E-state index contributed by atoms with van der Waals surface area (Å²) >= 11 is 0. The largest absolute Gasteiger partial charge is 0.455 e. The van der Waals surface area contributed by atoms with Gasteiger partial charge in [-0.1, -0.05) is 30.3 Å². The van der Waals surface area contributed by atoms with E-state index < -0.39 is 11.7 Å². The smallest absolute Gasteiger partial charge is 0.414 e. The third-order valence-electron chi connectivity index (χ3n) is 7.34. The molecule has 0 aliphatic heterocycles. The van der Waals surface area contributed by atoms with Crippen LogP contribution in [0.2, 0.25) is 0 Å². The van der Waals surface area contributed by atoms with Crippen LogP contribution in [0, 0.1) is 0 Å². The number of aromatic nitrogens is 2. The fourth-order valence-electron chi connectivity index (χ4n) is 5.13. The topological polar surface area (TPSA) is 119 Å². The molecule has 0 saturated carbocycles. The Morgan fingerprint density at radius 3 is 2.32 bits per heavy atom. The number of carbonyl (C=O) groups excluding carboxylic acids is 2. The lowest BCUT2D eigenvalue weighted by Gasteiger charge is -2.27. The number of rotatable bonds is 9. The minimum absolute atomic E-state index is 0.279. The highest BCUT2D eigenvalue weighted by molar-refractivity contribution is 6.09. The number of anilines is 4. The van der Waals surface area contributed by atoms with Crippen LogP contribution in [0.15, 0.2) is 108 Å². The van der Waals surface area contributed by atoms with Crippen molar-refractivity contribution in [1.29, 1.82) is 0 Å². The van der Waals surface area contributed by atoms with Gasteiger partial charge in [0.25, 0.3) is 5.91 Å². The number of hydrogen-bond acceptors (Lipinski definition) is 8. The lowest BCUT2D eigenvalue weighted by Crippen LogP contribution is -2.38. The first-order valence-corrected chi connectivity index (χ1v) is 15.2. The normalized spacial score (nSPS) is 11.4. The van der Waals surface area contributed by atoms with Crippen LogP contribution in [0.3, 0.4) is 0 Å². The molecule has 4 aromatic carbocycles. The molecule has 0 saturated heterocycles. The van der Waals surface area contributed by atoms with Crippen molar-refractivity contribution in [1.82, 2.24) is 9.97 Å². The molecule has 0 atom stereocenters. The number of furan rings is 1. The van der Waals surface area contributed by atoms with Crippen LogP contribution in [0.25, 0.3) is 33.2 Å². The van der Waals surface area contributed by atoms with Crippen molar-refractivity contribution in [2.45, 2.75) is 26.4 Å². The van der Waals surface area contributed by atoms with Crippen molar-refractivity contribution in [2.75, 3.05) is 35.8 Å². The number of amides is 2. The number of nitrogens with zero attached hydrogens (tertiary/aromatic N) is 3. The second-order valence-electron chi connectivity index (χ2n) is 11.9. The molecular formula is C37H35N5O5. The fourth-order valence-corrected chi connectivity index (χ4v) is 5.13. The van der Waals surface area contributed by atoms with Crippen molar-refractivity contribution in [2.24, 2.45) is 0 Å². The van der Waals surface area contributed by atoms with Gasteiger partial charge in [0, 0.05) is 52.1 Å². The van der Waals surface area contributed by atoms with Crippen molar-refractivity contribution in [3.8, 4) is 11.3 Å². The van der Waals surface area contributed by atoms with E-state index in [1.54, 1.807) is 43.5 Å². The summed E-state index contributed by atoms with van der Waals surface area (Å²) in [5.74, 6) is 0.337. The molecule has 6 rings (SSSR count). The van der Waals surface area contributed by atoms with Crippen molar-refractivity contribution >= 4 is 56.8 Å². The van der Waals surface area contributed by atoms with E-state index in [2.05, 4.69) is 20.6 Å². The van der Waals surface area contributed by atoms with E-state index in [-0.39, 0.29) is 5.91 Å². The molecule has 0 unspecified atom stereocenters. The summed E-state index contributed by atoms with van der Waals surface area (Å²) in [6.07, 6.45) is 1.03. The SMILES string of the molecule is COCCN(C(=O)OC(C)(C)C)c1ccc(C(=O)Nc2ccc(Nc3cc(-c4cccc5c4oc4ccccc45)ncn3)cc2)cc1. The molecule has 0 aliphatic carbocycles. The molecule has 2 N–H and O–H groups in total. The minimum Gasteiger partial charge on any atom is -0.455 e. The van der Waals surface area contributed by atoms with Gasteiger partial charge in [0.2, 0.25) is 0 Å². The molecule has 0 fully saturated rings. The van der Waals surface area contributed by atoms with Gasteiger partial charge in [-0.05, 0) is 81.4 Å². The summed E-state index contributed by atoms with van der Waals surface area (Å²) < 4.78 is 16.9. The van der Waals surface area contributed by atoms with E-state index in [0.717, 1.165) is 38.9 Å². The van der Waals surface area contributed by atoms with Crippen LogP contribution in [0.4, 0.5) is 27.7 Å². The first-order valence-electron chi connectivity index (χ1n) is 15.2. The van der Waals surface area contributed by atoms with E-state index >= 15 is 0 Å². The first kappa shape index (κ1) is 31.3. The first-order chi connectivity index (χ1) is 22.7. The Kier molecular flexibility index (Phi) is 8.86. The fraction of sp³-hybridized carbons (Fsp3) is 0.189. The van der Waals surface area contributed by atoms with E-state index in [1.807, 2.05) is 81.4 Å². The van der Waals surface area contributed by atoms with Crippen LogP contribution in [-0.4, -0.2) is 47.8 Å². The van der Waals surface area contributed by atoms with Gasteiger partial charge in [0.05, 0.1) is 18.8 Å². The number of fused-ring (bicyclic) bond motifs is 3. The number of hydrogen-bond donors (Lipinski definition) is 2. The molecule has 0 spiro atoms. The van der Waals surface area contributed by atoms with Crippen LogP contribution in [0.1, 0.15) is 31.1 Å². The average molecular weight is 630 g/mol. The Morgan fingerprint density at radius 1 is 0.851 bits per heavy atom. The Morgan fingerprint density at radius 2 is 1.57 bits per heavy atom. The van der Waals surface area contributed by atoms with Crippen LogP contribution in [0.5, 0.6) is 0 Å². The van der Waals surface area contributed by atoms with Crippen molar-refractivity contribution < 1.29 is 23.5 Å². The van der Waals surface area contributed by atoms with Gasteiger partial charge < -0.3 is 24.5 Å². The summed E-state index contributed by atoms with van der Waals surface area (Å²) in [5, 5.41) is 8.32. The molecule has 47 heavy (non-hydrogen) atoms. The molecular weight excluding hydrogens is 594 g/mol. The zero-order valence-corrected chi connectivity index (χ0v) is 26.6. The highest BCUT2D eigenvalue weighted by Crippen LogP contribution is 2.35. The lowest BCUT2D eigenvalue weighted by molar-refractivity contribution is 0.0569. The number of carbonyl (C=O) groups is 2. The predicted molar refractivity (Wildman–Crippen MR) is 184 cm³/mol. The van der Waals surface area contributed by atoms with Gasteiger partial charge in [0.1, 0.15) is 28.9 Å². The summed E-state index contributed by atoms with van der Waals surface area (Å²) in [7, 11) is 1.57. The van der Waals surface area contributed by atoms with Gasteiger partial charge >= 0.3 is 6.09 Å². The maximum absolute atomic E-state index is 13.0. The Bertz CT molecular complexity index is 2030. The van der Waals surface area contributed by atoms with E-state index in [0.29, 0.717) is 35.9 Å². The molecule has 2 heterocycles. The molecule has 238 valence electrons. The predicted octanol–water partition coefficient (Wildman–Crippen LogP) is 8.43. The second kappa shape index (κ2) is 13.3. The van der Waals surface area contributed by atoms with Crippen LogP contribution in [-0.2, 0) is 9.47 Å². The maximum atomic E-state index is 13.0. The molecule has 0 aliphatic rings. The molecule has 2 amide bonds. The molecule has 2 aromatic heterocycles. The van der Waals surface area contributed by atoms with Gasteiger partial charge in [-0.2, -0.15) is 0 Å². The van der Waals surface area contributed by atoms with Gasteiger partial charge in [-0.25, -0.2) is 14.8 Å². The number of ether oxygens (including phenoxy) is 2. The van der Waals surface area contributed by atoms with Crippen molar-refractivity contribution in [3.63, 3.8) is 0 Å². The Hall–Kier alpha value is -5.74. The second-order valence-corrected chi connectivity index (χ2v) is 11.9. The third-order valence-corrected chi connectivity index (χ3v) is 7.34. The van der Waals surface area contributed by atoms with Crippen LogP contribution >= 0.6 is 0 Å². The van der Waals surface area contributed by atoms with Gasteiger partial charge in [0.15, 0.2) is 0 Å². The monoisotopic (exact) mass is 629 g/mol. The van der Waals surface area contributed by atoms with Crippen LogP contribution < -0.4 is 15.5 Å². The summed E-state index contributed by atoms with van der Waals surface area (Å²) in [6.45, 7) is 6.08. The number of nitrogens with one attached hydrogen (secondary N) is 2. The standard InChI is InChI=1S/C37H35N5O5/c1-37(2,3)47-36(44)42(20-21-45-4)27-18-12-24(13-19-27)35(43)41-26-16-14-25(15-17-26)40-33-22-31(38-23-39-33)30-10-7-9-29-28-8-5-6-11-32(28)46-34(29)30/h5-19,22-23H,20-21H2,1-4H3,(H,41,43)(H,38,39,40). The molecule has 0 radical (unpaired) electrons. The minimum atomic E-state index is -0.642. The highest BCUT2D eigenvalue weighted by atomic mass is 16.6. The molecule has 6 aromatic rings. The average Bonchev–Trinajstić information content (AvgIpc) is 3.44. The Labute approximate surface area is 272 Å². The highest BCUT2D eigenvalue weighted by Gasteiger charge is 2.23. The quantitative estimate of drug-likeness (QED) is 0.164. The zero-order valence-electron chi connectivity index (χ0n) is 26.6. The summed E-state index contributed by atoms with van der Waals surface area (Å²) in [4.78, 5) is 36.2. The summed E-state index contributed by atoms with van der Waals surface area (Å²) in [5.41, 5.74) is 5.03. The van der Waals surface area contributed by atoms with Crippen molar-refractivity contribution in [3.05, 3.63) is 109 Å². The van der Waals surface area contributed by atoms with E-state index in [4.69, 9.17) is 13.9 Å². The third kappa shape index (κ3) is 7.23. The molecule has 10 nitrogen and oxygen atoms in total. The maximum Gasteiger partial charge on any atom is 0.414 e. The molecule has 10 heteroatoms. The lowest BCUT2D eigenvalue weighted by atomic mass is 10.1. The zero-order chi connectivity index (χ0) is 33.0. The number of methoxy groups -OCH3 is 1. The van der Waals surface area contributed by atoms with E-state index in [1.165, 1.54) is 11.2 Å². The van der Waals surface area contributed by atoms with E-state index in [9.17, 15) is 9.59 Å². The summed E-state index contributed by atoms with van der Waals surface area (Å²) in [6, 6.07) is 30.0. The number of benzene rings is 4.